The van der Waals surface area contributed by atoms with Crippen molar-refractivity contribution in [2.45, 2.75) is 31.8 Å². The Balaban J connectivity index is 1.97. The standard InChI is InChI=1S/C13H16ClN3O2/c1-7(12(18)17-9-3-4-9)16-13(19)10-5-2-8(14)6-11(10)15/h2,5-7,9H,3-4,15H2,1H3,(H,16,19)(H,17,18). The smallest absolute Gasteiger partial charge is 0.254 e. The van der Waals surface area contributed by atoms with E-state index >= 15 is 0 Å². The Hall–Kier alpha value is -1.75. The fourth-order valence-corrected chi connectivity index (χ4v) is 1.81. The van der Waals surface area contributed by atoms with E-state index in [2.05, 4.69) is 10.6 Å². The number of carbonyl (C=O) groups is 2. The van der Waals surface area contributed by atoms with Crippen LogP contribution in [0.15, 0.2) is 18.2 Å². The number of nitrogen functional groups attached to an aromatic ring is 1. The number of nitrogens with one attached hydrogen (secondary N) is 2. The number of anilines is 1. The molecule has 0 aromatic heterocycles. The van der Waals surface area contributed by atoms with Crippen molar-refractivity contribution in [3.8, 4) is 0 Å². The largest absolute Gasteiger partial charge is 0.398 e. The molecule has 1 aliphatic carbocycles. The van der Waals surface area contributed by atoms with Gasteiger partial charge in [0.1, 0.15) is 6.04 Å². The summed E-state index contributed by atoms with van der Waals surface area (Å²) in [4.78, 5) is 23.7. The molecule has 2 rings (SSSR count). The van der Waals surface area contributed by atoms with Gasteiger partial charge < -0.3 is 16.4 Å². The van der Waals surface area contributed by atoms with Crippen LogP contribution in [0.1, 0.15) is 30.1 Å². The van der Waals surface area contributed by atoms with Crippen molar-refractivity contribution < 1.29 is 9.59 Å². The SMILES string of the molecule is CC(NC(=O)c1ccc(Cl)cc1N)C(=O)NC1CC1. The molecule has 19 heavy (non-hydrogen) atoms. The second kappa shape index (κ2) is 5.48. The third kappa shape index (κ3) is 3.61. The number of rotatable bonds is 4. The molecule has 1 fully saturated rings. The Morgan fingerprint density at radius 2 is 2.11 bits per heavy atom. The maximum atomic E-state index is 12.0. The van der Waals surface area contributed by atoms with Gasteiger partial charge in [0.2, 0.25) is 5.91 Å². The molecule has 6 heteroatoms. The van der Waals surface area contributed by atoms with Gasteiger partial charge in [0.05, 0.1) is 5.56 Å². The van der Waals surface area contributed by atoms with Crippen LogP contribution in [0, 0.1) is 0 Å². The third-order valence-electron chi connectivity index (χ3n) is 2.92. The lowest BCUT2D eigenvalue weighted by Gasteiger charge is -2.14. The summed E-state index contributed by atoms with van der Waals surface area (Å²) in [6.45, 7) is 1.64. The van der Waals surface area contributed by atoms with Crippen LogP contribution in [0.2, 0.25) is 5.02 Å². The molecule has 4 N–H and O–H groups in total. The molecule has 102 valence electrons. The maximum Gasteiger partial charge on any atom is 0.254 e. The first kappa shape index (κ1) is 13.7. The lowest BCUT2D eigenvalue weighted by atomic mass is 10.1. The van der Waals surface area contributed by atoms with Crippen molar-refractivity contribution >= 4 is 29.1 Å². The second-order valence-electron chi connectivity index (χ2n) is 4.71. The van der Waals surface area contributed by atoms with Crippen LogP contribution in [-0.4, -0.2) is 23.9 Å². The van der Waals surface area contributed by atoms with Gasteiger partial charge in [0, 0.05) is 16.8 Å². The molecular weight excluding hydrogens is 266 g/mol. The molecule has 0 heterocycles. The van der Waals surface area contributed by atoms with Crippen molar-refractivity contribution in [1.29, 1.82) is 0 Å². The summed E-state index contributed by atoms with van der Waals surface area (Å²) >= 11 is 5.77. The van der Waals surface area contributed by atoms with Crippen LogP contribution in [0.4, 0.5) is 5.69 Å². The fourth-order valence-electron chi connectivity index (χ4n) is 1.63. The van der Waals surface area contributed by atoms with Crippen LogP contribution in [-0.2, 0) is 4.79 Å². The number of carbonyl (C=O) groups excluding carboxylic acids is 2. The van der Waals surface area contributed by atoms with Gasteiger partial charge in [-0.15, -0.1) is 0 Å². The van der Waals surface area contributed by atoms with Gasteiger partial charge in [-0.3, -0.25) is 9.59 Å². The molecule has 0 spiro atoms. The minimum atomic E-state index is -0.594. The monoisotopic (exact) mass is 281 g/mol. The number of nitrogens with two attached hydrogens (primary N) is 1. The van der Waals surface area contributed by atoms with E-state index in [1.165, 1.54) is 6.07 Å². The molecule has 1 atom stereocenters. The van der Waals surface area contributed by atoms with E-state index in [9.17, 15) is 9.59 Å². The van der Waals surface area contributed by atoms with Crippen LogP contribution < -0.4 is 16.4 Å². The highest BCUT2D eigenvalue weighted by Gasteiger charge is 2.26. The number of halogens is 1. The molecule has 1 saturated carbocycles. The van der Waals surface area contributed by atoms with Crippen LogP contribution in [0.5, 0.6) is 0 Å². The topological polar surface area (TPSA) is 84.2 Å². The third-order valence-corrected chi connectivity index (χ3v) is 3.16. The summed E-state index contributed by atoms with van der Waals surface area (Å²) < 4.78 is 0. The number of amides is 2. The van der Waals surface area contributed by atoms with E-state index in [4.69, 9.17) is 17.3 Å². The Morgan fingerprint density at radius 3 is 2.68 bits per heavy atom. The summed E-state index contributed by atoms with van der Waals surface area (Å²) in [6.07, 6.45) is 2.02. The minimum absolute atomic E-state index is 0.177. The van der Waals surface area contributed by atoms with E-state index < -0.39 is 6.04 Å². The second-order valence-corrected chi connectivity index (χ2v) is 5.15. The summed E-state index contributed by atoms with van der Waals surface area (Å²) in [5.41, 5.74) is 6.33. The molecule has 1 aliphatic rings. The molecule has 1 aromatic carbocycles. The maximum absolute atomic E-state index is 12.0. The van der Waals surface area contributed by atoms with E-state index in [0.29, 0.717) is 16.3 Å². The summed E-state index contributed by atoms with van der Waals surface area (Å²) in [5.74, 6) is -0.559. The average Bonchev–Trinajstić information content (AvgIpc) is 3.12. The molecule has 0 bridgehead atoms. The Kier molecular flexibility index (Phi) is 3.95. The van der Waals surface area contributed by atoms with Gasteiger partial charge >= 0.3 is 0 Å². The highest BCUT2D eigenvalue weighted by molar-refractivity contribution is 6.31. The Labute approximate surface area is 116 Å². The van der Waals surface area contributed by atoms with Crippen molar-refractivity contribution in [3.63, 3.8) is 0 Å². The van der Waals surface area contributed by atoms with E-state index in [1.807, 2.05) is 0 Å². The molecule has 0 aliphatic heterocycles. The van der Waals surface area contributed by atoms with Gasteiger partial charge in [-0.25, -0.2) is 0 Å². The summed E-state index contributed by atoms with van der Waals surface area (Å²) in [5, 5.41) is 5.91. The number of benzene rings is 1. The van der Waals surface area contributed by atoms with Gasteiger partial charge in [-0.2, -0.15) is 0 Å². The molecule has 1 unspecified atom stereocenters. The lowest BCUT2D eigenvalue weighted by molar-refractivity contribution is -0.122. The first-order chi connectivity index (χ1) is 8.97. The predicted octanol–water partition coefficient (Wildman–Crippen LogP) is 1.32. The molecule has 5 nitrogen and oxygen atoms in total. The zero-order valence-corrected chi connectivity index (χ0v) is 11.3. The fraction of sp³-hybridized carbons (Fsp3) is 0.385. The van der Waals surface area contributed by atoms with Crippen LogP contribution in [0.25, 0.3) is 0 Å². The highest BCUT2D eigenvalue weighted by Crippen LogP contribution is 2.19. The first-order valence-electron chi connectivity index (χ1n) is 6.13. The molecule has 1 aromatic rings. The highest BCUT2D eigenvalue weighted by atomic mass is 35.5. The number of hydrogen-bond acceptors (Lipinski definition) is 3. The Morgan fingerprint density at radius 1 is 1.42 bits per heavy atom. The molecular formula is C13H16ClN3O2. The Bertz CT molecular complexity index is 515. The molecule has 0 saturated heterocycles. The van der Waals surface area contributed by atoms with Gasteiger partial charge in [-0.1, -0.05) is 11.6 Å². The van der Waals surface area contributed by atoms with Crippen molar-refractivity contribution in [1.82, 2.24) is 10.6 Å². The molecule has 0 radical (unpaired) electrons. The quantitative estimate of drug-likeness (QED) is 0.728. The lowest BCUT2D eigenvalue weighted by Crippen LogP contribution is -2.45. The summed E-state index contributed by atoms with van der Waals surface area (Å²) in [6, 6.07) is 4.31. The van der Waals surface area contributed by atoms with E-state index in [-0.39, 0.29) is 17.9 Å². The van der Waals surface area contributed by atoms with Gasteiger partial charge in [0.15, 0.2) is 0 Å². The predicted molar refractivity (Wildman–Crippen MR) is 74.0 cm³/mol. The zero-order chi connectivity index (χ0) is 14.0. The van der Waals surface area contributed by atoms with Crippen molar-refractivity contribution in [2.24, 2.45) is 0 Å². The van der Waals surface area contributed by atoms with E-state index in [0.717, 1.165) is 12.8 Å². The first-order valence-corrected chi connectivity index (χ1v) is 6.51. The van der Waals surface area contributed by atoms with Crippen molar-refractivity contribution in [3.05, 3.63) is 28.8 Å². The van der Waals surface area contributed by atoms with Crippen LogP contribution in [0.3, 0.4) is 0 Å². The van der Waals surface area contributed by atoms with E-state index in [1.54, 1.807) is 19.1 Å². The van der Waals surface area contributed by atoms with Gasteiger partial charge in [0.25, 0.3) is 5.91 Å². The zero-order valence-electron chi connectivity index (χ0n) is 10.6. The van der Waals surface area contributed by atoms with Crippen LogP contribution >= 0.6 is 11.6 Å². The normalized spacial score (nSPS) is 15.7. The van der Waals surface area contributed by atoms with Gasteiger partial charge in [-0.05, 0) is 38.0 Å². The molecule has 2 amide bonds. The minimum Gasteiger partial charge on any atom is -0.398 e. The average molecular weight is 282 g/mol. The summed E-state index contributed by atoms with van der Waals surface area (Å²) in [7, 11) is 0. The van der Waals surface area contributed by atoms with Crippen molar-refractivity contribution in [2.75, 3.05) is 5.73 Å². The number of hydrogen-bond donors (Lipinski definition) is 3.